The monoisotopic (exact) mass is 203 g/mol. The molecule has 1 unspecified atom stereocenters. The van der Waals surface area contributed by atoms with Gasteiger partial charge < -0.3 is 9.47 Å². The van der Waals surface area contributed by atoms with Gasteiger partial charge in [-0.1, -0.05) is 0 Å². The molecule has 13 heavy (non-hydrogen) atoms. The third-order valence-corrected chi connectivity index (χ3v) is 2.25. The molecule has 0 radical (unpaired) electrons. The first-order chi connectivity index (χ1) is 6.22. The first kappa shape index (κ1) is 12.3. The highest BCUT2D eigenvalue weighted by Crippen LogP contribution is 2.10. The topological polar surface area (TPSA) is 59.3 Å². The molecule has 0 spiro atoms. The van der Waals surface area contributed by atoms with Crippen molar-refractivity contribution in [2.24, 2.45) is 0 Å². The SMILES string of the molecule is COCCOC(=O)C(C)SCC#N. The van der Waals surface area contributed by atoms with Crippen LogP contribution in [0.4, 0.5) is 0 Å². The van der Waals surface area contributed by atoms with Gasteiger partial charge in [0.2, 0.25) is 0 Å². The maximum absolute atomic E-state index is 11.1. The maximum atomic E-state index is 11.1. The lowest BCUT2D eigenvalue weighted by molar-refractivity contribution is -0.143. The van der Waals surface area contributed by atoms with Gasteiger partial charge in [-0.15, -0.1) is 11.8 Å². The van der Waals surface area contributed by atoms with E-state index < -0.39 is 0 Å². The van der Waals surface area contributed by atoms with E-state index in [2.05, 4.69) is 0 Å². The summed E-state index contributed by atoms with van der Waals surface area (Å²) in [7, 11) is 1.54. The minimum atomic E-state index is -0.294. The van der Waals surface area contributed by atoms with Crippen LogP contribution in [-0.2, 0) is 14.3 Å². The zero-order chi connectivity index (χ0) is 10.1. The molecule has 0 N–H and O–H groups in total. The van der Waals surface area contributed by atoms with E-state index in [0.29, 0.717) is 12.4 Å². The van der Waals surface area contributed by atoms with E-state index in [9.17, 15) is 4.79 Å². The largest absolute Gasteiger partial charge is 0.462 e. The van der Waals surface area contributed by atoms with Crippen molar-refractivity contribution in [3.8, 4) is 6.07 Å². The van der Waals surface area contributed by atoms with Crippen molar-refractivity contribution >= 4 is 17.7 Å². The summed E-state index contributed by atoms with van der Waals surface area (Å²) in [6.45, 7) is 2.39. The predicted molar refractivity (Wildman–Crippen MR) is 50.4 cm³/mol. The molecule has 0 aliphatic carbocycles. The molecule has 1 atom stereocenters. The Bertz CT molecular complexity index is 190. The third-order valence-electron chi connectivity index (χ3n) is 1.26. The van der Waals surface area contributed by atoms with Crippen LogP contribution in [0, 0.1) is 11.3 Å². The molecule has 74 valence electrons. The second-order valence-corrected chi connectivity index (χ2v) is 3.60. The van der Waals surface area contributed by atoms with Crippen LogP contribution in [0.15, 0.2) is 0 Å². The fraction of sp³-hybridized carbons (Fsp3) is 0.750. The van der Waals surface area contributed by atoms with Gasteiger partial charge in [0.1, 0.15) is 11.9 Å². The molecular formula is C8H13NO3S. The Kier molecular flexibility index (Phi) is 7.45. The zero-order valence-corrected chi connectivity index (χ0v) is 8.60. The van der Waals surface area contributed by atoms with Crippen molar-refractivity contribution in [2.75, 3.05) is 26.1 Å². The van der Waals surface area contributed by atoms with E-state index in [1.165, 1.54) is 11.8 Å². The summed E-state index contributed by atoms with van der Waals surface area (Å²) in [5, 5.41) is 7.99. The highest BCUT2D eigenvalue weighted by molar-refractivity contribution is 8.00. The summed E-state index contributed by atoms with van der Waals surface area (Å²) in [5.41, 5.74) is 0. The van der Waals surface area contributed by atoms with Crippen molar-refractivity contribution in [3.63, 3.8) is 0 Å². The summed E-state index contributed by atoms with van der Waals surface area (Å²) < 4.78 is 9.56. The second-order valence-electron chi connectivity index (χ2n) is 2.27. The van der Waals surface area contributed by atoms with Gasteiger partial charge in [-0.05, 0) is 6.92 Å². The van der Waals surface area contributed by atoms with Crippen LogP contribution in [0.1, 0.15) is 6.92 Å². The Balaban J connectivity index is 3.52. The van der Waals surface area contributed by atoms with E-state index in [0.717, 1.165) is 0 Å². The van der Waals surface area contributed by atoms with Gasteiger partial charge in [0, 0.05) is 7.11 Å². The molecule has 0 aromatic carbocycles. The first-order valence-electron chi connectivity index (χ1n) is 3.86. The van der Waals surface area contributed by atoms with Crippen LogP contribution >= 0.6 is 11.8 Å². The van der Waals surface area contributed by atoms with Crippen LogP contribution in [-0.4, -0.2) is 37.3 Å². The standard InChI is InChI=1S/C8H13NO3S/c1-7(13-6-3-9)8(10)12-5-4-11-2/h7H,4-6H2,1-2H3. The van der Waals surface area contributed by atoms with Crippen molar-refractivity contribution in [3.05, 3.63) is 0 Å². The van der Waals surface area contributed by atoms with Gasteiger partial charge in [0.05, 0.1) is 18.4 Å². The first-order valence-corrected chi connectivity index (χ1v) is 4.91. The summed E-state index contributed by atoms with van der Waals surface area (Å²) in [6, 6.07) is 1.95. The van der Waals surface area contributed by atoms with Crippen molar-refractivity contribution in [1.29, 1.82) is 5.26 Å². The number of rotatable bonds is 6. The summed E-state index contributed by atoms with van der Waals surface area (Å²) in [5.74, 6) is 0.0119. The molecule has 0 saturated heterocycles. The number of nitrogens with zero attached hydrogens (tertiary/aromatic N) is 1. The second kappa shape index (κ2) is 7.90. The number of carbonyl (C=O) groups excluding carboxylic acids is 1. The van der Waals surface area contributed by atoms with Gasteiger partial charge in [0.15, 0.2) is 0 Å². The third kappa shape index (κ3) is 6.43. The Morgan fingerprint density at radius 1 is 1.62 bits per heavy atom. The number of carbonyl (C=O) groups is 1. The Labute approximate surface area is 82.2 Å². The minimum Gasteiger partial charge on any atom is -0.462 e. The van der Waals surface area contributed by atoms with Gasteiger partial charge in [-0.3, -0.25) is 4.79 Å². The molecule has 0 aromatic rings. The summed E-state index contributed by atoms with van der Waals surface area (Å²) in [4.78, 5) is 11.1. The molecule has 0 rings (SSSR count). The van der Waals surface area contributed by atoms with E-state index >= 15 is 0 Å². The van der Waals surface area contributed by atoms with Gasteiger partial charge in [-0.2, -0.15) is 5.26 Å². The van der Waals surface area contributed by atoms with Crippen LogP contribution in [0.3, 0.4) is 0 Å². The molecule has 0 bridgehead atoms. The van der Waals surface area contributed by atoms with E-state index in [1.807, 2.05) is 6.07 Å². The molecule has 0 amide bonds. The molecular weight excluding hydrogens is 190 g/mol. The van der Waals surface area contributed by atoms with Gasteiger partial charge >= 0.3 is 5.97 Å². The Hall–Kier alpha value is -0.730. The Morgan fingerprint density at radius 2 is 2.31 bits per heavy atom. The quantitative estimate of drug-likeness (QED) is 0.472. The average Bonchev–Trinajstić information content (AvgIpc) is 2.14. The van der Waals surface area contributed by atoms with Crippen molar-refractivity contribution in [1.82, 2.24) is 0 Å². The van der Waals surface area contributed by atoms with Gasteiger partial charge in [0.25, 0.3) is 0 Å². The summed E-state index contributed by atoms with van der Waals surface area (Å²) in [6.07, 6.45) is 0. The van der Waals surface area contributed by atoms with Crippen molar-refractivity contribution in [2.45, 2.75) is 12.2 Å². The lowest BCUT2D eigenvalue weighted by Crippen LogP contribution is -2.19. The number of hydrogen-bond donors (Lipinski definition) is 0. The molecule has 0 fully saturated rings. The highest BCUT2D eigenvalue weighted by Gasteiger charge is 2.13. The number of esters is 1. The maximum Gasteiger partial charge on any atom is 0.318 e. The average molecular weight is 203 g/mol. The number of nitriles is 1. The van der Waals surface area contributed by atoms with Gasteiger partial charge in [-0.25, -0.2) is 0 Å². The molecule has 0 heterocycles. The van der Waals surface area contributed by atoms with E-state index in [-0.39, 0.29) is 17.8 Å². The molecule has 4 nitrogen and oxygen atoms in total. The highest BCUT2D eigenvalue weighted by atomic mass is 32.2. The lowest BCUT2D eigenvalue weighted by Gasteiger charge is -2.08. The van der Waals surface area contributed by atoms with Crippen LogP contribution < -0.4 is 0 Å². The number of hydrogen-bond acceptors (Lipinski definition) is 5. The van der Waals surface area contributed by atoms with E-state index in [1.54, 1.807) is 14.0 Å². The smallest absolute Gasteiger partial charge is 0.318 e. The van der Waals surface area contributed by atoms with Crippen LogP contribution in [0.2, 0.25) is 0 Å². The van der Waals surface area contributed by atoms with Crippen LogP contribution in [0.25, 0.3) is 0 Å². The lowest BCUT2D eigenvalue weighted by atomic mass is 10.5. The zero-order valence-electron chi connectivity index (χ0n) is 7.78. The fourth-order valence-electron chi connectivity index (χ4n) is 0.573. The predicted octanol–water partition coefficient (Wildman–Crippen LogP) is 0.821. The molecule has 0 aliphatic rings. The fourth-order valence-corrected chi connectivity index (χ4v) is 1.10. The number of ether oxygens (including phenoxy) is 2. The van der Waals surface area contributed by atoms with Crippen molar-refractivity contribution < 1.29 is 14.3 Å². The molecule has 0 aliphatic heterocycles. The van der Waals surface area contributed by atoms with Crippen LogP contribution in [0.5, 0.6) is 0 Å². The normalized spacial score (nSPS) is 11.8. The Morgan fingerprint density at radius 3 is 2.85 bits per heavy atom. The summed E-state index contributed by atoms with van der Waals surface area (Å²) >= 11 is 1.27. The molecule has 5 heteroatoms. The molecule has 0 aromatic heterocycles. The number of methoxy groups -OCH3 is 1. The van der Waals surface area contributed by atoms with E-state index in [4.69, 9.17) is 14.7 Å². The minimum absolute atomic E-state index is 0.271. The molecule has 0 saturated carbocycles. The number of thioether (sulfide) groups is 1.